The molecule has 0 aromatic heterocycles. The van der Waals surface area contributed by atoms with Gasteiger partial charge in [0.2, 0.25) is 0 Å². The van der Waals surface area contributed by atoms with E-state index in [-0.39, 0.29) is 11.9 Å². The molecule has 0 bridgehead atoms. The van der Waals surface area contributed by atoms with E-state index in [1.165, 1.54) is 4.90 Å². The molecule has 2 atom stereocenters. The molecule has 1 N–H and O–H groups in total. The number of benzene rings is 2. The van der Waals surface area contributed by atoms with Gasteiger partial charge in [0.25, 0.3) is 5.91 Å². The monoisotopic (exact) mass is 357 g/mol. The van der Waals surface area contributed by atoms with E-state index in [9.17, 15) is 4.79 Å². The van der Waals surface area contributed by atoms with E-state index in [4.69, 9.17) is 9.47 Å². The van der Waals surface area contributed by atoms with Gasteiger partial charge < -0.3 is 19.3 Å². The number of ether oxygens (including phenoxy) is 2. The first-order valence-corrected chi connectivity index (χ1v) is 8.83. The molecule has 1 unspecified atom stereocenters. The lowest BCUT2D eigenvalue weighted by Crippen LogP contribution is -3.14. The second-order valence-corrected chi connectivity index (χ2v) is 6.49. The first-order valence-electron chi connectivity index (χ1n) is 8.83. The third kappa shape index (κ3) is 4.76. The van der Waals surface area contributed by atoms with Gasteiger partial charge in [0.1, 0.15) is 0 Å². The molecule has 26 heavy (non-hydrogen) atoms. The summed E-state index contributed by atoms with van der Waals surface area (Å²) in [5, 5.41) is 0. The van der Waals surface area contributed by atoms with Crippen molar-refractivity contribution < 1.29 is 19.2 Å². The number of likely N-dealkylation sites (N-methyl/N-ethyl adjacent to an activating group) is 2. The number of methoxy groups -OCH3 is 2. The Bertz CT molecular complexity index is 718. The molecule has 0 radical (unpaired) electrons. The number of carbonyl (C=O) groups excluding carboxylic acids is 1. The molecule has 0 aliphatic rings. The smallest absolute Gasteiger partial charge is 0.284 e. The van der Waals surface area contributed by atoms with Crippen LogP contribution in [0.4, 0.5) is 5.69 Å². The highest BCUT2D eigenvalue weighted by Gasteiger charge is 2.25. The van der Waals surface area contributed by atoms with Crippen molar-refractivity contribution in [2.45, 2.75) is 19.4 Å². The Morgan fingerprint density at radius 1 is 1.08 bits per heavy atom. The van der Waals surface area contributed by atoms with Crippen LogP contribution in [0.15, 0.2) is 48.5 Å². The number of hydrogen-bond acceptors (Lipinski definition) is 3. The summed E-state index contributed by atoms with van der Waals surface area (Å²) in [4.78, 5) is 15.6. The number of carbonyl (C=O) groups is 1. The van der Waals surface area contributed by atoms with Crippen LogP contribution in [-0.4, -0.2) is 46.8 Å². The fourth-order valence-corrected chi connectivity index (χ4v) is 2.87. The maximum absolute atomic E-state index is 12.7. The first-order chi connectivity index (χ1) is 12.5. The van der Waals surface area contributed by atoms with E-state index < -0.39 is 0 Å². The number of anilines is 1. The summed E-state index contributed by atoms with van der Waals surface area (Å²) < 4.78 is 10.6. The Morgan fingerprint density at radius 2 is 1.73 bits per heavy atom. The minimum atomic E-state index is -0.125. The van der Waals surface area contributed by atoms with Crippen LogP contribution in [-0.2, 0) is 11.2 Å². The first kappa shape index (κ1) is 19.8. The van der Waals surface area contributed by atoms with E-state index in [0.29, 0.717) is 0 Å². The number of quaternary nitrogens is 1. The predicted molar refractivity (Wildman–Crippen MR) is 104 cm³/mol. The van der Waals surface area contributed by atoms with Crippen LogP contribution in [0.1, 0.15) is 12.5 Å². The van der Waals surface area contributed by atoms with Gasteiger partial charge in [-0.1, -0.05) is 24.3 Å². The van der Waals surface area contributed by atoms with E-state index >= 15 is 0 Å². The Hall–Kier alpha value is -2.53. The normalized spacial score (nSPS) is 13.0. The van der Waals surface area contributed by atoms with E-state index in [0.717, 1.165) is 35.7 Å². The molecule has 0 fully saturated rings. The lowest BCUT2D eigenvalue weighted by molar-refractivity contribution is -0.893. The minimum Gasteiger partial charge on any atom is -0.493 e. The van der Waals surface area contributed by atoms with E-state index in [2.05, 4.69) is 7.05 Å². The summed E-state index contributed by atoms with van der Waals surface area (Å²) >= 11 is 0. The maximum Gasteiger partial charge on any atom is 0.284 e. The van der Waals surface area contributed by atoms with Gasteiger partial charge in [-0.3, -0.25) is 4.79 Å². The Kier molecular flexibility index (Phi) is 7.04. The third-order valence-corrected chi connectivity index (χ3v) is 4.84. The zero-order chi connectivity index (χ0) is 19.1. The van der Waals surface area contributed by atoms with Crippen LogP contribution in [0, 0.1) is 0 Å². The molecular weight excluding hydrogens is 328 g/mol. The van der Waals surface area contributed by atoms with Crippen molar-refractivity contribution in [3.8, 4) is 11.5 Å². The van der Waals surface area contributed by atoms with Crippen molar-refractivity contribution in [3.63, 3.8) is 0 Å². The molecule has 0 aliphatic heterocycles. The van der Waals surface area contributed by atoms with Crippen LogP contribution in [0.5, 0.6) is 11.5 Å². The molecular formula is C21H29N2O3+. The second kappa shape index (κ2) is 9.25. The van der Waals surface area contributed by atoms with E-state index in [1.54, 1.807) is 19.1 Å². The number of amides is 1. The SMILES string of the molecule is COc1ccc(CC[NH+](C)[C@@H](C)C(=O)N(C)c2ccccc2)cc1OC. The van der Waals surface area contributed by atoms with Crippen molar-refractivity contribution >= 4 is 11.6 Å². The van der Waals surface area contributed by atoms with E-state index in [1.807, 2.05) is 62.5 Å². The van der Waals surface area contributed by atoms with Crippen molar-refractivity contribution in [2.75, 3.05) is 39.8 Å². The molecule has 5 nitrogen and oxygen atoms in total. The molecule has 5 heteroatoms. The largest absolute Gasteiger partial charge is 0.493 e. The average Bonchev–Trinajstić information content (AvgIpc) is 2.70. The average molecular weight is 357 g/mol. The highest BCUT2D eigenvalue weighted by Crippen LogP contribution is 2.27. The zero-order valence-corrected chi connectivity index (χ0v) is 16.3. The van der Waals surface area contributed by atoms with Crippen LogP contribution < -0.4 is 19.3 Å². The molecule has 0 saturated carbocycles. The summed E-state index contributed by atoms with van der Waals surface area (Å²) in [6, 6.07) is 15.6. The molecule has 0 aliphatic carbocycles. The summed E-state index contributed by atoms with van der Waals surface area (Å²) in [5.41, 5.74) is 2.08. The predicted octanol–water partition coefficient (Wildman–Crippen LogP) is 1.81. The number of nitrogens with one attached hydrogen (secondary N) is 1. The molecule has 0 heterocycles. The van der Waals surface area contributed by atoms with Crippen molar-refractivity contribution in [2.24, 2.45) is 0 Å². The van der Waals surface area contributed by atoms with Crippen molar-refractivity contribution in [3.05, 3.63) is 54.1 Å². The summed E-state index contributed by atoms with van der Waals surface area (Å²) in [7, 11) is 7.16. The number of rotatable bonds is 8. The molecule has 0 saturated heterocycles. The van der Waals surface area contributed by atoms with Crippen LogP contribution in [0.2, 0.25) is 0 Å². The summed E-state index contributed by atoms with van der Waals surface area (Å²) in [6.45, 7) is 2.83. The highest BCUT2D eigenvalue weighted by molar-refractivity contribution is 5.95. The fraction of sp³-hybridized carbons (Fsp3) is 0.381. The standard InChI is InChI=1S/C21H28N2O3/c1-16(21(24)23(3)18-9-7-6-8-10-18)22(2)14-13-17-11-12-19(25-4)20(15-17)26-5/h6-12,15-16H,13-14H2,1-5H3/p+1/t16-/m0/s1. The van der Waals surface area contributed by atoms with Crippen LogP contribution in [0.25, 0.3) is 0 Å². The van der Waals surface area contributed by atoms with Gasteiger partial charge in [0, 0.05) is 19.2 Å². The van der Waals surface area contributed by atoms with Gasteiger partial charge in [0.05, 0.1) is 27.8 Å². The Morgan fingerprint density at radius 3 is 2.35 bits per heavy atom. The minimum absolute atomic E-state index is 0.112. The van der Waals surface area contributed by atoms with Gasteiger partial charge >= 0.3 is 0 Å². The fourth-order valence-electron chi connectivity index (χ4n) is 2.87. The van der Waals surface area contributed by atoms with Gasteiger partial charge in [0.15, 0.2) is 17.5 Å². The van der Waals surface area contributed by atoms with Crippen molar-refractivity contribution in [1.29, 1.82) is 0 Å². The van der Waals surface area contributed by atoms with Gasteiger partial charge in [-0.15, -0.1) is 0 Å². The molecule has 0 spiro atoms. The quantitative estimate of drug-likeness (QED) is 0.784. The van der Waals surface area contributed by atoms with Crippen LogP contribution in [0.3, 0.4) is 0 Å². The third-order valence-electron chi connectivity index (χ3n) is 4.84. The molecule has 1 amide bonds. The topological polar surface area (TPSA) is 43.2 Å². The highest BCUT2D eigenvalue weighted by atomic mass is 16.5. The van der Waals surface area contributed by atoms with Gasteiger partial charge in [-0.05, 0) is 36.8 Å². The maximum atomic E-state index is 12.7. The summed E-state index contributed by atoms with van der Waals surface area (Å²) in [6.07, 6.45) is 0.860. The Labute approximate surface area is 156 Å². The van der Waals surface area contributed by atoms with Gasteiger partial charge in [-0.2, -0.15) is 0 Å². The lowest BCUT2D eigenvalue weighted by Gasteiger charge is -2.26. The van der Waals surface area contributed by atoms with Gasteiger partial charge in [-0.25, -0.2) is 0 Å². The second-order valence-electron chi connectivity index (χ2n) is 6.49. The number of hydrogen-bond donors (Lipinski definition) is 1. The molecule has 140 valence electrons. The number of nitrogens with zero attached hydrogens (tertiary/aromatic N) is 1. The zero-order valence-electron chi connectivity index (χ0n) is 16.3. The van der Waals surface area contributed by atoms with Crippen molar-refractivity contribution in [1.82, 2.24) is 0 Å². The molecule has 2 aromatic carbocycles. The molecule has 2 rings (SSSR count). The van der Waals surface area contributed by atoms with Crippen LogP contribution >= 0.6 is 0 Å². The molecule has 2 aromatic rings. The lowest BCUT2D eigenvalue weighted by atomic mass is 10.1. The Balaban J connectivity index is 1.96. The number of para-hydroxylation sites is 1. The summed E-state index contributed by atoms with van der Waals surface area (Å²) in [5.74, 6) is 1.57.